The molecule has 0 amide bonds. The maximum Gasteiger partial charge on any atom is 0.418 e. The molecule has 1 nitrogen and oxygen atoms in total. The Morgan fingerprint density at radius 1 is 1.47 bits per heavy atom. The molecule has 0 unspecified atom stereocenters. The Balaban J connectivity index is 2.99. The molecule has 1 N–H and O–H groups in total. The van der Waals surface area contributed by atoms with E-state index in [-0.39, 0.29) is 12.2 Å². The van der Waals surface area contributed by atoms with Crippen LogP contribution in [-0.2, 0) is 6.18 Å². The fourth-order valence-electron chi connectivity index (χ4n) is 1.18. The molecule has 0 atom stereocenters. The highest BCUT2D eigenvalue weighted by Crippen LogP contribution is 2.36. The molecule has 0 radical (unpaired) electrons. The number of halogens is 5. The minimum absolute atomic E-state index is 0.0403. The first-order valence-electron chi connectivity index (χ1n) is 4.71. The zero-order chi connectivity index (χ0) is 13.1. The highest BCUT2D eigenvalue weighted by molar-refractivity contribution is 9.10. The molecule has 1 rings (SSSR count). The topological polar surface area (TPSA) is 12.0 Å². The molecule has 0 fully saturated rings. The molecule has 0 aliphatic rings. The Labute approximate surface area is 111 Å². The van der Waals surface area contributed by atoms with Crippen LogP contribution in [0.4, 0.5) is 18.9 Å². The first kappa shape index (κ1) is 14.4. The van der Waals surface area contributed by atoms with Gasteiger partial charge in [-0.2, -0.15) is 13.2 Å². The van der Waals surface area contributed by atoms with Crippen molar-refractivity contribution in [3.63, 3.8) is 0 Å². The van der Waals surface area contributed by atoms with Crippen molar-refractivity contribution < 1.29 is 13.2 Å². The van der Waals surface area contributed by atoms with E-state index in [1.165, 1.54) is 11.6 Å². The standard InChI is InChI=1S/C11H10BrClF3N/c1-7(5-13)6-17-10-3-2-8(12)4-9(10)11(14,15)16/h2-5,17H,6H2,1H3/b7-5-. The van der Waals surface area contributed by atoms with Gasteiger partial charge in [0, 0.05) is 22.2 Å². The lowest BCUT2D eigenvalue weighted by Gasteiger charge is -2.15. The van der Waals surface area contributed by atoms with Gasteiger partial charge in [-0.05, 0) is 30.7 Å². The molecule has 1 aromatic rings. The molecular formula is C11H10BrClF3N. The molecule has 0 bridgehead atoms. The molecule has 0 aliphatic carbocycles. The van der Waals surface area contributed by atoms with Crippen LogP contribution in [-0.4, -0.2) is 6.54 Å². The van der Waals surface area contributed by atoms with Crippen molar-refractivity contribution in [3.8, 4) is 0 Å². The molecule has 0 spiro atoms. The Kier molecular flexibility index (Phi) is 4.89. The van der Waals surface area contributed by atoms with Crippen LogP contribution in [0.3, 0.4) is 0 Å². The summed E-state index contributed by atoms with van der Waals surface area (Å²) in [5.41, 5.74) is 1.43. The van der Waals surface area contributed by atoms with Gasteiger partial charge in [0.1, 0.15) is 0 Å². The summed E-state index contributed by atoms with van der Waals surface area (Å²) in [6.07, 6.45) is -4.38. The van der Waals surface area contributed by atoms with Crippen molar-refractivity contribution in [2.24, 2.45) is 0 Å². The van der Waals surface area contributed by atoms with Gasteiger partial charge in [0.15, 0.2) is 0 Å². The fourth-order valence-corrected chi connectivity index (χ4v) is 1.62. The van der Waals surface area contributed by atoms with E-state index in [1.54, 1.807) is 13.0 Å². The third kappa shape index (κ3) is 4.24. The Morgan fingerprint density at radius 3 is 2.65 bits per heavy atom. The number of anilines is 1. The Hall–Kier alpha value is -0.680. The molecule has 0 heterocycles. The minimum atomic E-state index is -4.38. The van der Waals surface area contributed by atoms with Gasteiger partial charge in [0.05, 0.1) is 5.56 Å². The average molecular weight is 329 g/mol. The van der Waals surface area contributed by atoms with Crippen LogP contribution < -0.4 is 5.32 Å². The Morgan fingerprint density at radius 2 is 2.12 bits per heavy atom. The number of rotatable bonds is 3. The first-order chi connectivity index (χ1) is 7.84. The number of benzene rings is 1. The van der Waals surface area contributed by atoms with Gasteiger partial charge in [0.25, 0.3) is 0 Å². The molecule has 0 saturated heterocycles. The third-order valence-electron chi connectivity index (χ3n) is 2.03. The van der Waals surface area contributed by atoms with E-state index in [0.29, 0.717) is 4.47 Å². The largest absolute Gasteiger partial charge is 0.418 e. The van der Waals surface area contributed by atoms with Crippen LogP contribution in [0, 0.1) is 0 Å². The summed E-state index contributed by atoms with van der Waals surface area (Å²) in [5.74, 6) is 0. The Bertz CT molecular complexity index is 429. The SMILES string of the molecule is C/C(=C/Cl)CNc1ccc(Br)cc1C(F)(F)F. The van der Waals surface area contributed by atoms with Crippen molar-refractivity contribution in [1.82, 2.24) is 0 Å². The first-order valence-corrected chi connectivity index (χ1v) is 5.94. The van der Waals surface area contributed by atoms with Crippen molar-refractivity contribution >= 4 is 33.2 Å². The quantitative estimate of drug-likeness (QED) is 0.821. The second kappa shape index (κ2) is 5.78. The maximum absolute atomic E-state index is 12.7. The highest BCUT2D eigenvalue weighted by atomic mass is 79.9. The average Bonchev–Trinajstić information content (AvgIpc) is 2.25. The maximum atomic E-state index is 12.7. The van der Waals surface area contributed by atoms with Crippen molar-refractivity contribution in [2.45, 2.75) is 13.1 Å². The summed E-state index contributed by atoms with van der Waals surface area (Å²) in [7, 11) is 0. The van der Waals surface area contributed by atoms with Crippen molar-refractivity contribution in [3.05, 3.63) is 39.3 Å². The van der Waals surface area contributed by atoms with Crippen LogP contribution in [0.2, 0.25) is 0 Å². The van der Waals surface area contributed by atoms with Crippen molar-refractivity contribution in [1.29, 1.82) is 0 Å². The van der Waals surface area contributed by atoms with Gasteiger partial charge >= 0.3 is 6.18 Å². The fraction of sp³-hybridized carbons (Fsp3) is 0.273. The summed E-state index contributed by atoms with van der Waals surface area (Å²) in [5, 5.41) is 2.70. The molecular weight excluding hydrogens is 318 g/mol. The van der Waals surface area contributed by atoms with E-state index < -0.39 is 11.7 Å². The second-order valence-electron chi connectivity index (χ2n) is 3.50. The zero-order valence-corrected chi connectivity index (χ0v) is 11.2. The molecule has 1 aromatic carbocycles. The van der Waals surface area contributed by atoms with Crippen LogP contribution in [0.25, 0.3) is 0 Å². The monoisotopic (exact) mass is 327 g/mol. The van der Waals surface area contributed by atoms with E-state index in [0.717, 1.165) is 11.6 Å². The van der Waals surface area contributed by atoms with E-state index in [9.17, 15) is 13.2 Å². The normalized spacial score (nSPS) is 12.7. The lowest BCUT2D eigenvalue weighted by atomic mass is 10.1. The van der Waals surface area contributed by atoms with E-state index >= 15 is 0 Å². The van der Waals surface area contributed by atoms with Gasteiger partial charge in [-0.15, -0.1) is 0 Å². The number of nitrogens with one attached hydrogen (secondary N) is 1. The molecule has 6 heteroatoms. The lowest BCUT2D eigenvalue weighted by molar-refractivity contribution is -0.137. The van der Waals surface area contributed by atoms with Gasteiger partial charge < -0.3 is 5.32 Å². The summed E-state index contributed by atoms with van der Waals surface area (Å²) < 4.78 is 38.6. The summed E-state index contributed by atoms with van der Waals surface area (Å²) in [4.78, 5) is 0. The van der Waals surface area contributed by atoms with E-state index in [2.05, 4.69) is 21.2 Å². The number of alkyl halides is 3. The van der Waals surface area contributed by atoms with Crippen LogP contribution >= 0.6 is 27.5 Å². The third-order valence-corrected chi connectivity index (χ3v) is 2.90. The summed E-state index contributed by atoms with van der Waals surface area (Å²) >= 11 is 8.46. The molecule has 94 valence electrons. The molecule has 17 heavy (non-hydrogen) atoms. The van der Waals surface area contributed by atoms with Gasteiger partial charge in [-0.3, -0.25) is 0 Å². The predicted molar refractivity (Wildman–Crippen MR) is 67.2 cm³/mol. The molecule has 0 aromatic heterocycles. The minimum Gasteiger partial charge on any atom is -0.381 e. The summed E-state index contributed by atoms with van der Waals surface area (Å²) in [6, 6.07) is 3.98. The number of hydrogen-bond acceptors (Lipinski definition) is 1. The second-order valence-corrected chi connectivity index (χ2v) is 4.63. The van der Waals surface area contributed by atoms with Gasteiger partial charge in [-0.25, -0.2) is 0 Å². The highest BCUT2D eigenvalue weighted by Gasteiger charge is 2.33. The summed E-state index contributed by atoms with van der Waals surface area (Å²) in [6.45, 7) is 2.00. The molecule has 0 saturated carbocycles. The van der Waals surface area contributed by atoms with Gasteiger partial charge in [-0.1, -0.05) is 27.5 Å². The van der Waals surface area contributed by atoms with Crippen LogP contribution in [0.5, 0.6) is 0 Å². The predicted octanol–water partition coefficient (Wildman–Crippen LogP) is 5.02. The van der Waals surface area contributed by atoms with E-state index in [4.69, 9.17) is 11.6 Å². The van der Waals surface area contributed by atoms with Crippen LogP contribution in [0.15, 0.2) is 33.8 Å². The van der Waals surface area contributed by atoms with Gasteiger partial charge in [0.2, 0.25) is 0 Å². The lowest BCUT2D eigenvalue weighted by Crippen LogP contribution is -2.12. The van der Waals surface area contributed by atoms with Crippen LogP contribution in [0.1, 0.15) is 12.5 Å². The number of hydrogen-bond donors (Lipinski definition) is 1. The van der Waals surface area contributed by atoms with E-state index in [1.807, 2.05) is 0 Å². The molecule has 0 aliphatic heterocycles. The zero-order valence-electron chi connectivity index (χ0n) is 8.91. The van der Waals surface area contributed by atoms with Crippen molar-refractivity contribution in [2.75, 3.05) is 11.9 Å². The smallest absolute Gasteiger partial charge is 0.381 e.